The highest BCUT2D eigenvalue weighted by Gasteiger charge is 2.42. The summed E-state index contributed by atoms with van der Waals surface area (Å²) < 4.78 is 11.4. The number of anilines is 1. The molecule has 5 rings (SSSR count). The van der Waals surface area contributed by atoms with E-state index in [2.05, 4.69) is 4.90 Å². The van der Waals surface area contributed by atoms with Gasteiger partial charge in [-0.2, -0.15) is 0 Å². The maximum atomic E-state index is 12.9. The zero-order chi connectivity index (χ0) is 21.0. The molecule has 2 unspecified atom stereocenters. The lowest BCUT2D eigenvalue weighted by Crippen LogP contribution is -2.37. The number of benzene rings is 2. The van der Waals surface area contributed by atoms with Crippen molar-refractivity contribution >= 4 is 33.7 Å². The van der Waals surface area contributed by atoms with Gasteiger partial charge in [0.05, 0.1) is 10.8 Å². The van der Waals surface area contributed by atoms with E-state index >= 15 is 0 Å². The van der Waals surface area contributed by atoms with Gasteiger partial charge < -0.3 is 19.0 Å². The van der Waals surface area contributed by atoms with Crippen molar-refractivity contribution < 1.29 is 13.9 Å². The smallest absolute Gasteiger partial charge is 0.410 e. The topological polar surface area (TPSA) is 63.0 Å². The van der Waals surface area contributed by atoms with Gasteiger partial charge in [0.1, 0.15) is 16.8 Å². The number of likely N-dealkylation sites (tertiary alicyclic amines) is 1. The molecule has 2 saturated heterocycles. The normalized spacial score (nSPS) is 21.4. The third kappa shape index (κ3) is 3.30. The Bertz CT molecular complexity index is 1180. The summed E-state index contributed by atoms with van der Waals surface area (Å²) in [4.78, 5) is 29.5. The monoisotopic (exact) mass is 406 g/mol. The summed E-state index contributed by atoms with van der Waals surface area (Å²) in [7, 11) is 0. The van der Waals surface area contributed by atoms with Crippen LogP contribution in [-0.4, -0.2) is 42.8 Å². The van der Waals surface area contributed by atoms with E-state index in [0.29, 0.717) is 33.8 Å². The van der Waals surface area contributed by atoms with Gasteiger partial charge >= 0.3 is 6.09 Å². The number of ether oxygens (including phenoxy) is 1. The molecule has 0 bridgehead atoms. The quantitative estimate of drug-likeness (QED) is 0.566. The van der Waals surface area contributed by atoms with Crippen molar-refractivity contribution in [1.29, 1.82) is 0 Å². The Kier molecular flexibility index (Phi) is 4.27. The van der Waals surface area contributed by atoms with Crippen LogP contribution in [0.3, 0.4) is 0 Å². The number of nitrogens with zero attached hydrogens (tertiary/aromatic N) is 2. The van der Waals surface area contributed by atoms with Gasteiger partial charge in [0.15, 0.2) is 0 Å². The van der Waals surface area contributed by atoms with Crippen LogP contribution >= 0.6 is 0 Å². The molecule has 0 spiro atoms. The highest BCUT2D eigenvalue weighted by Crippen LogP contribution is 2.35. The predicted octanol–water partition coefficient (Wildman–Crippen LogP) is 4.25. The summed E-state index contributed by atoms with van der Waals surface area (Å²) >= 11 is 0. The van der Waals surface area contributed by atoms with Gasteiger partial charge in [-0.15, -0.1) is 0 Å². The number of carbonyl (C=O) groups excluding carboxylic acids is 1. The molecule has 0 N–H and O–H groups in total. The summed E-state index contributed by atoms with van der Waals surface area (Å²) in [6.07, 6.45) is -0.223. The minimum absolute atomic E-state index is 0.00388. The zero-order valence-electron chi connectivity index (χ0n) is 17.6. The molecule has 1 aromatic heterocycles. The van der Waals surface area contributed by atoms with Gasteiger partial charge in [0.2, 0.25) is 5.43 Å². The largest absolute Gasteiger partial charge is 0.456 e. The van der Waals surface area contributed by atoms with Gasteiger partial charge in [0.25, 0.3) is 0 Å². The Labute approximate surface area is 175 Å². The third-order valence-corrected chi connectivity index (χ3v) is 6.06. The molecule has 1 amide bonds. The first-order chi connectivity index (χ1) is 14.3. The van der Waals surface area contributed by atoms with Crippen molar-refractivity contribution in [3.05, 3.63) is 52.7 Å². The molecule has 2 aromatic carbocycles. The van der Waals surface area contributed by atoms with Crippen molar-refractivity contribution in [3.63, 3.8) is 0 Å². The second-order valence-corrected chi connectivity index (χ2v) is 9.42. The lowest BCUT2D eigenvalue weighted by Gasteiger charge is -2.26. The molecule has 6 heteroatoms. The van der Waals surface area contributed by atoms with Crippen LogP contribution in [0.4, 0.5) is 10.5 Å². The average Bonchev–Trinajstić information content (AvgIpc) is 3.26. The van der Waals surface area contributed by atoms with Crippen molar-refractivity contribution in [2.45, 2.75) is 26.4 Å². The average molecular weight is 406 g/mol. The van der Waals surface area contributed by atoms with Gasteiger partial charge in [0, 0.05) is 43.7 Å². The maximum absolute atomic E-state index is 12.9. The highest BCUT2D eigenvalue weighted by atomic mass is 16.6. The predicted molar refractivity (Wildman–Crippen MR) is 117 cm³/mol. The maximum Gasteiger partial charge on any atom is 0.410 e. The Morgan fingerprint density at radius 3 is 2.33 bits per heavy atom. The molecule has 2 aliphatic rings. The van der Waals surface area contributed by atoms with Crippen LogP contribution in [0.2, 0.25) is 0 Å². The van der Waals surface area contributed by atoms with Crippen molar-refractivity contribution in [2.24, 2.45) is 11.8 Å². The van der Waals surface area contributed by atoms with Crippen LogP contribution in [0, 0.1) is 11.8 Å². The molecule has 2 atom stereocenters. The molecule has 2 fully saturated rings. The van der Waals surface area contributed by atoms with Crippen molar-refractivity contribution in [3.8, 4) is 0 Å². The Morgan fingerprint density at radius 2 is 1.63 bits per heavy atom. The summed E-state index contributed by atoms with van der Waals surface area (Å²) in [6, 6.07) is 13.2. The number of amides is 1. The SMILES string of the molecule is CC(C)(C)OC(=O)N1CC2CN(c3ccc4oc5ccccc5c(=O)c4c3)CC2C1. The van der Waals surface area contributed by atoms with Crippen LogP contribution in [0.25, 0.3) is 21.9 Å². The molecule has 3 aromatic rings. The number of rotatable bonds is 1. The summed E-state index contributed by atoms with van der Waals surface area (Å²) in [5.74, 6) is 0.836. The number of hydrogen-bond acceptors (Lipinski definition) is 5. The second-order valence-electron chi connectivity index (χ2n) is 9.42. The lowest BCUT2D eigenvalue weighted by molar-refractivity contribution is 0.0282. The summed E-state index contributed by atoms with van der Waals surface area (Å²) in [5.41, 5.74) is 1.78. The Balaban J connectivity index is 1.36. The fourth-order valence-electron chi connectivity index (χ4n) is 4.67. The number of fused-ring (bicyclic) bond motifs is 3. The first-order valence-electron chi connectivity index (χ1n) is 10.5. The number of hydrogen-bond donors (Lipinski definition) is 0. The molecule has 3 heterocycles. The molecule has 30 heavy (non-hydrogen) atoms. The van der Waals surface area contributed by atoms with E-state index in [1.54, 1.807) is 6.07 Å². The van der Waals surface area contributed by atoms with Crippen LogP contribution in [0.5, 0.6) is 0 Å². The second kappa shape index (κ2) is 6.76. The molecule has 0 saturated carbocycles. The van der Waals surface area contributed by atoms with E-state index < -0.39 is 5.60 Å². The molecule has 0 aliphatic carbocycles. The van der Waals surface area contributed by atoms with Gasteiger partial charge in [-0.25, -0.2) is 4.79 Å². The zero-order valence-corrected chi connectivity index (χ0v) is 17.6. The third-order valence-electron chi connectivity index (χ3n) is 6.06. The first kappa shape index (κ1) is 19.0. The van der Waals surface area contributed by atoms with Crippen LogP contribution < -0.4 is 10.3 Å². The van der Waals surface area contributed by atoms with Gasteiger partial charge in [-0.1, -0.05) is 12.1 Å². The number of para-hydroxylation sites is 1. The van der Waals surface area contributed by atoms with Crippen molar-refractivity contribution in [2.75, 3.05) is 31.1 Å². The molecule has 6 nitrogen and oxygen atoms in total. The Morgan fingerprint density at radius 1 is 0.967 bits per heavy atom. The van der Waals surface area contributed by atoms with Crippen LogP contribution in [0.1, 0.15) is 20.8 Å². The van der Waals surface area contributed by atoms with E-state index in [4.69, 9.17) is 9.15 Å². The molecule has 0 radical (unpaired) electrons. The molecular weight excluding hydrogens is 380 g/mol. The van der Waals surface area contributed by atoms with E-state index in [0.717, 1.165) is 31.9 Å². The summed E-state index contributed by atoms with van der Waals surface area (Å²) in [5, 5.41) is 1.21. The van der Waals surface area contributed by atoms with E-state index in [1.807, 2.05) is 62.1 Å². The molecular formula is C24H26N2O4. The fraction of sp³-hybridized carbons (Fsp3) is 0.417. The molecule has 2 aliphatic heterocycles. The van der Waals surface area contributed by atoms with E-state index in [9.17, 15) is 9.59 Å². The first-order valence-corrected chi connectivity index (χ1v) is 10.5. The fourth-order valence-corrected chi connectivity index (χ4v) is 4.67. The van der Waals surface area contributed by atoms with Crippen molar-refractivity contribution in [1.82, 2.24) is 4.90 Å². The minimum Gasteiger partial charge on any atom is -0.456 e. The lowest BCUT2D eigenvalue weighted by atomic mass is 10.0. The molecule has 156 valence electrons. The Hall–Kier alpha value is -3.02. The standard InChI is InChI=1S/C24H26N2O4/c1-24(2,3)30-23(28)26-13-15-11-25(12-16(15)14-26)17-8-9-21-19(10-17)22(27)18-6-4-5-7-20(18)29-21/h4-10,15-16H,11-14H2,1-3H3. The van der Waals surface area contributed by atoms with Crippen LogP contribution in [-0.2, 0) is 4.74 Å². The highest BCUT2D eigenvalue weighted by molar-refractivity contribution is 5.91. The van der Waals surface area contributed by atoms with Gasteiger partial charge in [-0.05, 0) is 51.1 Å². The van der Waals surface area contributed by atoms with E-state index in [-0.39, 0.29) is 11.5 Å². The minimum atomic E-state index is -0.475. The van der Waals surface area contributed by atoms with Gasteiger partial charge in [-0.3, -0.25) is 4.79 Å². The summed E-state index contributed by atoms with van der Waals surface area (Å²) in [6.45, 7) is 8.85. The number of carbonyl (C=O) groups is 1. The van der Waals surface area contributed by atoms with Crippen LogP contribution in [0.15, 0.2) is 51.7 Å². The van der Waals surface area contributed by atoms with E-state index in [1.165, 1.54) is 0 Å².